The third kappa shape index (κ3) is 9.47. The lowest BCUT2D eigenvalue weighted by Gasteiger charge is -2.27. The van der Waals surface area contributed by atoms with Gasteiger partial charge in [-0.3, -0.25) is 0 Å². The Balaban J connectivity index is 0. The van der Waals surface area contributed by atoms with Crippen molar-refractivity contribution in [3.8, 4) is 0 Å². The summed E-state index contributed by atoms with van der Waals surface area (Å²) in [6.07, 6.45) is 1.92. The topological polar surface area (TPSA) is 105 Å². The smallest absolute Gasteiger partial charge is 0.0471 e. The van der Waals surface area contributed by atoms with E-state index in [-0.39, 0.29) is 51.2 Å². The second-order valence-electron chi connectivity index (χ2n) is 5.98. The van der Waals surface area contributed by atoms with Crippen LogP contribution in [0.3, 0.4) is 0 Å². The Morgan fingerprint density at radius 1 is 0.545 bits per heavy atom. The number of hydrogen-bond acceptors (Lipinski definition) is 6. The van der Waals surface area contributed by atoms with E-state index in [0.29, 0.717) is 23.7 Å². The molecule has 0 unspecified atom stereocenters. The van der Waals surface area contributed by atoms with E-state index in [9.17, 15) is 0 Å². The zero-order valence-corrected chi connectivity index (χ0v) is 14.6. The SMILES string of the molecule is Cl.Cl.OC[C@@H]1CNC[C@H](CO)C1.OC[C@@H]1CNC[C@H](CO)C1. The van der Waals surface area contributed by atoms with E-state index < -0.39 is 0 Å². The van der Waals surface area contributed by atoms with E-state index in [1.54, 1.807) is 0 Å². The minimum absolute atomic E-state index is 0. The average molecular weight is 363 g/mol. The van der Waals surface area contributed by atoms with Crippen molar-refractivity contribution in [2.24, 2.45) is 23.7 Å². The molecular weight excluding hydrogens is 331 g/mol. The Labute approximate surface area is 145 Å². The van der Waals surface area contributed by atoms with Gasteiger partial charge < -0.3 is 31.1 Å². The average Bonchev–Trinajstić information content (AvgIpc) is 2.55. The highest BCUT2D eigenvalue weighted by molar-refractivity contribution is 5.85. The van der Waals surface area contributed by atoms with E-state index in [1.165, 1.54) is 0 Å². The highest BCUT2D eigenvalue weighted by Gasteiger charge is 2.20. The van der Waals surface area contributed by atoms with E-state index >= 15 is 0 Å². The minimum Gasteiger partial charge on any atom is -0.396 e. The van der Waals surface area contributed by atoms with Crippen molar-refractivity contribution in [3.05, 3.63) is 0 Å². The molecule has 0 aromatic rings. The lowest BCUT2D eigenvalue weighted by molar-refractivity contribution is 0.132. The third-order valence-corrected chi connectivity index (χ3v) is 4.10. The maximum absolute atomic E-state index is 8.78. The molecule has 0 bridgehead atoms. The molecule has 2 aliphatic heterocycles. The Kier molecular flexibility index (Phi) is 16.7. The van der Waals surface area contributed by atoms with Gasteiger partial charge in [0.05, 0.1) is 0 Å². The van der Waals surface area contributed by atoms with Gasteiger partial charge >= 0.3 is 0 Å². The summed E-state index contributed by atoms with van der Waals surface area (Å²) < 4.78 is 0. The first-order valence-electron chi connectivity index (χ1n) is 7.58. The van der Waals surface area contributed by atoms with Gasteiger partial charge in [-0.2, -0.15) is 0 Å². The van der Waals surface area contributed by atoms with Gasteiger partial charge in [-0.15, -0.1) is 24.8 Å². The summed E-state index contributed by atoms with van der Waals surface area (Å²) in [5.41, 5.74) is 0. The molecule has 0 amide bonds. The van der Waals surface area contributed by atoms with Crippen LogP contribution in [0.15, 0.2) is 0 Å². The monoisotopic (exact) mass is 362 g/mol. The van der Waals surface area contributed by atoms with Crippen LogP contribution in [0, 0.1) is 23.7 Å². The molecule has 22 heavy (non-hydrogen) atoms. The molecule has 0 aliphatic carbocycles. The number of halogens is 2. The fourth-order valence-corrected chi connectivity index (χ4v) is 2.82. The van der Waals surface area contributed by atoms with Crippen LogP contribution in [-0.2, 0) is 0 Å². The first kappa shape index (κ1) is 24.6. The predicted octanol–water partition coefficient (Wildman–Crippen LogP) is -0.763. The number of aliphatic hydroxyl groups excluding tert-OH is 4. The van der Waals surface area contributed by atoms with Gasteiger partial charge in [-0.05, 0) is 36.5 Å². The molecule has 0 aromatic heterocycles. The van der Waals surface area contributed by atoms with Crippen LogP contribution in [0.25, 0.3) is 0 Å². The Morgan fingerprint density at radius 3 is 0.955 bits per heavy atom. The number of rotatable bonds is 4. The van der Waals surface area contributed by atoms with Crippen LogP contribution in [0.4, 0.5) is 0 Å². The van der Waals surface area contributed by atoms with E-state index in [2.05, 4.69) is 10.6 Å². The maximum Gasteiger partial charge on any atom is 0.0471 e. The molecular formula is C14H32Cl2N2O4. The van der Waals surface area contributed by atoms with Crippen molar-refractivity contribution < 1.29 is 20.4 Å². The molecule has 2 heterocycles. The van der Waals surface area contributed by atoms with Gasteiger partial charge in [0.25, 0.3) is 0 Å². The number of piperidine rings is 2. The first-order chi connectivity index (χ1) is 9.73. The van der Waals surface area contributed by atoms with Crippen LogP contribution in [0.1, 0.15) is 12.8 Å². The van der Waals surface area contributed by atoms with E-state index in [4.69, 9.17) is 20.4 Å². The molecule has 6 nitrogen and oxygen atoms in total. The van der Waals surface area contributed by atoms with Crippen molar-refractivity contribution in [2.45, 2.75) is 12.8 Å². The van der Waals surface area contributed by atoms with Crippen molar-refractivity contribution in [1.29, 1.82) is 0 Å². The summed E-state index contributed by atoms with van der Waals surface area (Å²) in [6, 6.07) is 0. The van der Waals surface area contributed by atoms with Gasteiger partial charge in [-0.1, -0.05) is 0 Å². The Bertz CT molecular complexity index is 209. The van der Waals surface area contributed by atoms with Gasteiger partial charge in [-0.25, -0.2) is 0 Å². The van der Waals surface area contributed by atoms with Crippen LogP contribution >= 0.6 is 24.8 Å². The van der Waals surface area contributed by atoms with Crippen molar-refractivity contribution >= 4 is 24.8 Å². The second kappa shape index (κ2) is 14.9. The zero-order chi connectivity index (χ0) is 14.8. The van der Waals surface area contributed by atoms with Crippen LogP contribution in [0.2, 0.25) is 0 Å². The molecule has 0 aromatic carbocycles. The Hall–Kier alpha value is 0.340. The van der Waals surface area contributed by atoms with E-state index in [1.807, 2.05) is 0 Å². The van der Waals surface area contributed by atoms with Crippen molar-refractivity contribution in [2.75, 3.05) is 52.6 Å². The highest BCUT2D eigenvalue weighted by atomic mass is 35.5. The molecule has 0 spiro atoms. The summed E-state index contributed by atoms with van der Waals surface area (Å²) in [4.78, 5) is 0. The summed E-state index contributed by atoms with van der Waals surface area (Å²) >= 11 is 0. The Morgan fingerprint density at radius 2 is 0.773 bits per heavy atom. The molecule has 0 radical (unpaired) electrons. The van der Waals surface area contributed by atoms with Gasteiger partial charge in [0.1, 0.15) is 0 Å². The number of hydrogen-bond donors (Lipinski definition) is 6. The van der Waals surface area contributed by atoms with Gasteiger partial charge in [0.15, 0.2) is 0 Å². The van der Waals surface area contributed by atoms with E-state index in [0.717, 1.165) is 39.0 Å². The molecule has 0 saturated carbocycles. The van der Waals surface area contributed by atoms with Crippen molar-refractivity contribution in [3.63, 3.8) is 0 Å². The van der Waals surface area contributed by atoms with Gasteiger partial charge in [0, 0.05) is 52.6 Å². The maximum atomic E-state index is 8.78. The third-order valence-electron chi connectivity index (χ3n) is 4.10. The van der Waals surface area contributed by atoms with Gasteiger partial charge in [0.2, 0.25) is 0 Å². The zero-order valence-electron chi connectivity index (χ0n) is 13.0. The first-order valence-corrected chi connectivity index (χ1v) is 7.58. The molecule has 2 aliphatic rings. The molecule has 2 rings (SSSR count). The number of aliphatic hydroxyl groups is 4. The summed E-state index contributed by atoms with van der Waals surface area (Å²) in [5, 5.41) is 41.5. The lowest BCUT2D eigenvalue weighted by atomic mass is 9.92. The fourth-order valence-electron chi connectivity index (χ4n) is 2.82. The predicted molar refractivity (Wildman–Crippen MR) is 91.8 cm³/mol. The van der Waals surface area contributed by atoms with Crippen LogP contribution in [-0.4, -0.2) is 73.0 Å². The fraction of sp³-hybridized carbons (Fsp3) is 1.00. The largest absolute Gasteiger partial charge is 0.396 e. The molecule has 2 saturated heterocycles. The lowest BCUT2D eigenvalue weighted by Crippen LogP contribution is -2.39. The molecule has 6 N–H and O–H groups in total. The second-order valence-corrected chi connectivity index (χ2v) is 5.98. The minimum atomic E-state index is 0. The standard InChI is InChI=1S/2C7H15NO2.2ClH/c2*9-4-6-1-7(5-10)3-8-2-6;;/h2*6-10H,1-5H2;2*1H/t2*6-,7+;;. The van der Waals surface area contributed by atoms with Crippen LogP contribution in [0.5, 0.6) is 0 Å². The quantitative estimate of drug-likeness (QED) is 0.392. The summed E-state index contributed by atoms with van der Waals surface area (Å²) in [6.45, 7) is 4.54. The molecule has 2 fully saturated rings. The number of nitrogens with one attached hydrogen (secondary N) is 2. The normalized spacial score (nSPS) is 31.1. The summed E-state index contributed by atoms with van der Waals surface area (Å²) in [5.74, 6) is 1.41. The van der Waals surface area contributed by atoms with Crippen LogP contribution < -0.4 is 10.6 Å². The van der Waals surface area contributed by atoms with Crippen molar-refractivity contribution in [1.82, 2.24) is 10.6 Å². The highest BCUT2D eigenvalue weighted by Crippen LogP contribution is 2.15. The molecule has 8 heteroatoms. The summed E-state index contributed by atoms with van der Waals surface area (Å²) in [7, 11) is 0. The molecule has 136 valence electrons. The molecule has 4 atom stereocenters.